The molecule has 17 nitrogen and oxygen atoms in total. The van der Waals surface area contributed by atoms with E-state index in [1.165, 1.54) is 257 Å². The minimum atomic E-state index is -4.96. The van der Waals surface area contributed by atoms with Gasteiger partial charge in [-0.15, -0.1) is 0 Å². The first-order valence-electron chi connectivity index (χ1n) is 43.5. The molecule has 0 aliphatic rings. The Balaban J connectivity index is 5.16. The molecule has 0 aromatic carbocycles. The summed E-state index contributed by atoms with van der Waals surface area (Å²) in [6.07, 6.45) is 66.9. The number of esters is 4. The fourth-order valence-corrected chi connectivity index (χ4v) is 14.6. The molecule has 0 aromatic heterocycles. The third-order valence-corrected chi connectivity index (χ3v) is 22.0. The molecule has 103 heavy (non-hydrogen) atoms. The highest BCUT2D eigenvalue weighted by molar-refractivity contribution is 7.47. The second-order valence-corrected chi connectivity index (χ2v) is 33.8. The van der Waals surface area contributed by atoms with Crippen LogP contribution in [-0.4, -0.2) is 96.7 Å². The van der Waals surface area contributed by atoms with E-state index < -0.39 is 97.5 Å². The molecule has 0 heterocycles. The second-order valence-electron chi connectivity index (χ2n) is 30.9. The van der Waals surface area contributed by atoms with Crippen LogP contribution in [0.15, 0.2) is 0 Å². The van der Waals surface area contributed by atoms with Gasteiger partial charge >= 0.3 is 39.5 Å². The third-order valence-electron chi connectivity index (χ3n) is 20.1. The molecule has 0 saturated carbocycles. The summed E-state index contributed by atoms with van der Waals surface area (Å²) in [6.45, 7) is 9.66. The molecule has 6 atom stereocenters. The number of phosphoric ester groups is 2. The zero-order chi connectivity index (χ0) is 75.6. The van der Waals surface area contributed by atoms with Crippen LogP contribution < -0.4 is 0 Å². The first kappa shape index (κ1) is 101. The van der Waals surface area contributed by atoms with E-state index in [0.29, 0.717) is 25.7 Å². The number of carbonyl (C=O) groups is 4. The van der Waals surface area contributed by atoms with Crippen molar-refractivity contribution in [1.82, 2.24) is 0 Å². The predicted molar refractivity (Wildman–Crippen MR) is 423 cm³/mol. The van der Waals surface area contributed by atoms with Gasteiger partial charge in [-0.2, -0.15) is 0 Å². The van der Waals surface area contributed by atoms with Crippen LogP contribution in [0.4, 0.5) is 0 Å². The van der Waals surface area contributed by atoms with Crippen molar-refractivity contribution in [3.05, 3.63) is 0 Å². The van der Waals surface area contributed by atoms with Gasteiger partial charge in [0, 0.05) is 25.7 Å². The molecule has 0 aliphatic carbocycles. The maximum Gasteiger partial charge on any atom is 0.472 e. The van der Waals surface area contributed by atoms with Gasteiger partial charge in [0.15, 0.2) is 12.2 Å². The van der Waals surface area contributed by atoms with Gasteiger partial charge in [0.1, 0.15) is 19.3 Å². The van der Waals surface area contributed by atoms with Crippen molar-refractivity contribution in [2.24, 2.45) is 11.8 Å². The molecule has 0 saturated heterocycles. The topological polar surface area (TPSA) is 237 Å². The summed E-state index contributed by atoms with van der Waals surface area (Å²) >= 11 is 0. The Hall–Kier alpha value is -1.94. The highest BCUT2D eigenvalue weighted by atomic mass is 31.2. The zero-order valence-corrected chi connectivity index (χ0v) is 69.4. The van der Waals surface area contributed by atoms with Gasteiger partial charge < -0.3 is 33.8 Å². The average molecular weight is 1510 g/mol. The summed E-state index contributed by atoms with van der Waals surface area (Å²) in [5, 5.41) is 10.6. The SMILES string of the molecule is CCCCCCCCCCCCCCCCCCCCCCCC(=O)OC[C@H](COP(=O)(O)OC[C@@H](O)COP(=O)(O)OC[C@@H](COC(=O)CCCCCCCCCC)OC(=O)CCCCCCCCCCCC(C)C)OC(=O)CCCCCCCCCCCCCCCCCCCCC(C)CC. The average Bonchev–Trinajstić information content (AvgIpc) is 0.943. The van der Waals surface area contributed by atoms with Crippen molar-refractivity contribution in [3.8, 4) is 0 Å². The van der Waals surface area contributed by atoms with E-state index >= 15 is 0 Å². The van der Waals surface area contributed by atoms with Crippen LogP contribution in [-0.2, 0) is 65.4 Å². The first-order valence-corrected chi connectivity index (χ1v) is 46.5. The van der Waals surface area contributed by atoms with Crippen molar-refractivity contribution in [2.75, 3.05) is 39.6 Å². The molecule has 0 spiro atoms. The lowest BCUT2D eigenvalue weighted by Crippen LogP contribution is -2.30. The Morgan fingerprint density at radius 1 is 0.282 bits per heavy atom. The van der Waals surface area contributed by atoms with Gasteiger partial charge in [-0.25, -0.2) is 9.13 Å². The van der Waals surface area contributed by atoms with Crippen molar-refractivity contribution < 1.29 is 80.2 Å². The molecule has 0 rings (SSSR count). The van der Waals surface area contributed by atoms with E-state index in [4.69, 9.17) is 37.0 Å². The molecule has 19 heteroatoms. The monoisotopic (exact) mass is 1510 g/mol. The fraction of sp³-hybridized carbons (Fsp3) is 0.952. The lowest BCUT2D eigenvalue weighted by Gasteiger charge is -2.21. The number of aliphatic hydroxyl groups excluding tert-OH is 1. The third kappa shape index (κ3) is 76.6. The molecule has 3 unspecified atom stereocenters. The van der Waals surface area contributed by atoms with Crippen molar-refractivity contribution in [2.45, 2.75) is 464 Å². The van der Waals surface area contributed by atoms with Gasteiger partial charge in [0.2, 0.25) is 0 Å². The molecular weight excluding hydrogens is 1340 g/mol. The molecule has 0 radical (unpaired) electrons. The van der Waals surface area contributed by atoms with E-state index in [0.717, 1.165) is 108 Å². The lowest BCUT2D eigenvalue weighted by molar-refractivity contribution is -0.161. The van der Waals surface area contributed by atoms with Crippen molar-refractivity contribution in [1.29, 1.82) is 0 Å². The van der Waals surface area contributed by atoms with Gasteiger partial charge in [-0.3, -0.25) is 37.3 Å². The molecule has 612 valence electrons. The molecule has 0 amide bonds. The Morgan fingerprint density at radius 2 is 0.495 bits per heavy atom. The zero-order valence-electron chi connectivity index (χ0n) is 67.6. The van der Waals surface area contributed by atoms with Gasteiger partial charge in [-0.1, -0.05) is 395 Å². The van der Waals surface area contributed by atoms with Crippen LogP contribution in [0, 0.1) is 11.8 Å². The van der Waals surface area contributed by atoms with Gasteiger partial charge in [0.05, 0.1) is 26.4 Å². The van der Waals surface area contributed by atoms with E-state index in [9.17, 15) is 43.2 Å². The summed E-state index contributed by atoms with van der Waals surface area (Å²) in [6, 6.07) is 0. The summed E-state index contributed by atoms with van der Waals surface area (Å²) in [5.41, 5.74) is 0. The largest absolute Gasteiger partial charge is 0.472 e. The Morgan fingerprint density at radius 3 is 0.738 bits per heavy atom. The minimum absolute atomic E-state index is 0.105. The maximum atomic E-state index is 13.1. The highest BCUT2D eigenvalue weighted by Crippen LogP contribution is 2.45. The number of rotatable bonds is 83. The van der Waals surface area contributed by atoms with E-state index in [-0.39, 0.29) is 25.7 Å². The van der Waals surface area contributed by atoms with Crippen LogP contribution in [0.5, 0.6) is 0 Å². The van der Waals surface area contributed by atoms with Crippen LogP contribution in [0.2, 0.25) is 0 Å². The lowest BCUT2D eigenvalue weighted by atomic mass is 9.99. The molecule has 0 bridgehead atoms. The number of phosphoric acid groups is 2. The Bertz CT molecular complexity index is 1980. The molecule has 0 aromatic rings. The molecule has 0 fully saturated rings. The normalized spacial score (nSPS) is 14.1. The standard InChI is InChI=1S/C84H164O17P2/c1-7-10-12-14-16-18-19-20-21-22-23-24-25-29-32-35-38-43-49-55-61-67-82(87)95-73-80(100-83(88)68-62-56-50-44-39-36-33-30-27-26-28-31-34-37-42-47-53-59-65-77(6)9-3)75-99-103(92,93)97-71-78(85)70-96-102(90,91)98-74-79(72-94-81(86)66-60-54-48-17-15-13-11-8-2)101-84(89)69-63-57-51-45-40-41-46-52-58-64-76(4)5/h76-80,85H,7-75H2,1-6H3,(H,90,91)(H,92,93)/t77?,78-,79+,80+/m0/s1. The smallest absolute Gasteiger partial charge is 0.462 e. The molecule has 3 N–H and O–H groups in total. The van der Waals surface area contributed by atoms with Crippen LogP contribution in [0.3, 0.4) is 0 Å². The highest BCUT2D eigenvalue weighted by Gasteiger charge is 2.30. The van der Waals surface area contributed by atoms with Crippen molar-refractivity contribution in [3.63, 3.8) is 0 Å². The summed E-state index contributed by atoms with van der Waals surface area (Å²) < 4.78 is 68.7. The van der Waals surface area contributed by atoms with Gasteiger partial charge in [0.25, 0.3) is 0 Å². The summed E-state index contributed by atoms with van der Waals surface area (Å²) in [7, 11) is -9.92. The Labute approximate surface area is 632 Å². The number of hydrogen-bond donors (Lipinski definition) is 3. The number of aliphatic hydroxyl groups is 1. The number of hydrogen-bond acceptors (Lipinski definition) is 15. The van der Waals surface area contributed by atoms with E-state index in [1.54, 1.807) is 0 Å². The maximum absolute atomic E-state index is 13.1. The Kier molecular flexibility index (Phi) is 74.1. The van der Waals surface area contributed by atoms with Crippen molar-refractivity contribution >= 4 is 39.5 Å². The molecule has 0 aliphatic heterocycles. The van der Waals surface area contributed by atoms with Gasteiger partial charge in [-0.05, 0) is 37.5 Å². The van der Waals surface area contributed by atoms with Crippen LogP contribution in [0.25, 0.3) is 0 Å². The number of unbranched alkanes of at least 4 members (excludes halogenated alkanes) is 52. The predicted octanol–water partition coefficient (Wildman–Crippen LogP) is 25.5. The first-order chi connectivity index (χ1) is 49.9. The minimum Gasteiger partial charge on any atom is -0.462 e. The van der Waals surface area contributed by atoms with Crippen LogP contribution in [0.1, 0.15) is 446 Å². The fourth-order valence-electron chi connectivity index (χ4n) is 13.0. The number of ether oxygens (including phenoxy) is 4. The quantitative estimate of drug-likeness (QED) is 0.0222. The number of carbonyl (C=O) groups excluding carboxylic acids is 4. The van der Waals surface area contributed by atoms with Crippen LogP contribution >= 0.6 is 15.6 Å². The summed E-state index contributed by atoms with van der Waals surface area (Å²) in [4.78, 5) is 73.0. The second kappa shape index (κ2) is 75.5. The molecular formula is C84H164O17P2. The van der Waals surface area contributed by atoms with E-state index in [1.807, 2.05) is 0 Å². The van der Waals surface area contributed by atoms with E-state index in [2.05, 4.69) is 41.5 Å². The summed E-state index contributed by atoms with van der Waals surface area (Å²) in [5.74, 6) is -0.503.